The molecule has 0 aliphatic heterocycles. The van der Waals surface area contributed by atoms with E-state index < -0.39 is 0 Å². The van der Waals surface area contributed by atoms with E-state index in [1.165, 1.54) is 24.0 Å². The summed E-state index contributed by atoms with van der Waals surface area (Å²) in [7, 11) is 0. The van der Waals surface area contributed by atoms with Gasteiger partial charge in [-0.2, -0.15) is 4.68 Å². The molecule has 3 aromatic rings. The summed E-state index contributed by atoms with van der Waals surface area (Å²) >= 11 is 0. The van der Waals surface area contributed by atoms with E-state index in [-0.39, 0.29) is 5.54 Å². The first kappa shape index (κ1) is 15.8. The van der Waals surface area contributed by atoms with Crippen LogP contribution < -0.4 is 5.32 Å². The minimum Gasteiger partial charge on any atom is -0.373 e. The number of hydrogen-bond acceptors (Lipinski definition) is 4. The summed E-state index contributed by atoms with van der Waals surface area (Å²) < 4.78 is 1.90. The van der Waals surface area contributed by atoms with Crippen LogP contribution in [0.2, 0.25) is 0 Å². The van der Waals surface area contributed by atoms with Crippen LogP contribution in [0.1, 0.15) is 42.6 Å². The molecule has 0 saturated heterocycles. The fourth-order valence-corrected chi connectivity index (χ4v) is 3.75. The molecule has 5 nitrogen and oxygen atoms in total. The first-order valence-corrected chi connectivity index (χ1v) is 8.88. The molecule has 1 aliphatic carbocycles. The van der Waals surface area contributed by atoms with Gasteiger partial charge in [-0.3, -0.25) is 0 Å². The van der Waals surface area contributed by atoms with Crippen molar-refractivity contribution in [2.45, 2.75) is 45.1 Å². The van der Waals surface area contributed by atoms with E-state index in [2.05, 4.69) is 71.1 Å². The number of rotatable bonds is 4. The van der Waals surface area contributed by atoms with Crippen LogP contribution in [0.15, 0.2) is 48.5 Å². The maximum absolute atomic E-state index is 4.44. The molecule has 5 heteroatoms. The molecule has 0 radical (unpaired) electrons. The van der Waals surface area contributed by atoms with E-state index in [1.807, 2.05) is 16.8 Å². The summed E-state index contributed by atoms with van der Waals surface area (Å²) in [6.07, 6.45) is 4.43. The number of hydrogen-bond donors (Lipinski definition) is 1. The molecular weight excluding hydrogens is 310 g/mol. The smallest absolute Gasteiger partial charge is 0.181 e. The molecule has 0 atom stereocenters. The van der Waals surface area contributed by atoms with Gasteiger partial charge >= 0.3 is 0 Å². The Kier molecular flexibility index (Phi) is 3.99. The molecular formula is C20H23N5. The number of aryl methyl sites for hydroxylation is 2. The van der Waals surface area contributed by atoms with Crippen LogP contribution in [0.25, 0.3) is 5.69 Å². The molecule has 1 aromatic heterocycles. The van der Waals surface area contributed by atoms with Gasteiger partial charge < -0.3 is 5.32 Å². The van der Waals surface area contributed by atoms with E-state index in [0.29, 0.717) is 0 Å². The summed E-state index contributed by atoms with van der Waals surface area (Å²) in [5.41, 5.74) is 4.36. The highest BCUT2D eigenvalue weighted by atomic mass is 15.6. The second kappa shape index (κ2) is 6.31. The Morgan fingerprint density at radius 1 is 0.960 bits per heavy atom. The van der Waals surface area contributed by atoms with Crippen LogP contribution in [0.5, 0.6) is 0 Å². The Morgan fingerprint density at radius 2 is 1.68 bits per heavy atom. The van der Waals surface area contributed by atoms with Gasteiger partial charge in [0, 0.05) is 5.69 Å². The lowest BCUT2D eigenvalue weighted by molar-refractivity contribution is 0.461. The van der Waals surface area contributed by atoms with Gasteiger partial charge in [-0.05, 0) is 60.9 Å². The molecule has 1 saturated carbocycles. The Morgan fingerprint density at radius 3 is 2.40 bits per heavy atom. The lowest BCUT2D eigenvalue weighted by atomic mass is 9.95. The van der Waals surface area contributed by atoms with Crippen molar-refractivity contribution >= 4 is 5.69 Å². The van der Waals surface area contributed by atoms with Gasteiger partial charge in [-0.15, -0.1) is 5.10 Å². The van der Waals surface area contributed by atoms with Crippen molar-refractivity contribution in [2.75, 3.05) is 5.32 Å². The van der Waals surface area contributed by atoms with Crippen LogP contribution in [-0.4, -0.2) is 20.2 Å². The SMILES string of the molecule is Cc1ccc(NC2(c3nnnn3-c3ccccc3C)CCCC2)cc1. The molecule has 0 spiro atoms. The first-order valence-electron chi connectivity index (χ1n) is 8.88. The molecule has 1 heterocycles. The maximum atomic E-state index is 4.44. The molecule has 1 fully saturated rings. The third kappa shape index (κ3) is 2.90. The van der Waals surface area contributed by atoms with E-state index in [1.54, 1.807) is 0 Å². The van der Waals surface area contributed by atoms with Crippen LogP contribution >= 0.6 is 0 Å². The van der Waals surface area contributed by atoms with Crippen LogP contribution in [0, 0.1) is 13.8 Å². The van der Waals surface area contributed by atoms with Crippen LogP contribution in [0.4, 0.5) is 5.69 Å². The first-order chi connectivity index (χ1) is 12.2. The number of anilines is 1. The van der Waals surface area contributed by atoms with Crippen molar-refractivity contribution in [3.05, 3.63) is 65.5 Å². The number of aromatic nitrogens is 4. The predicted molar refractivity (Wildman–Crippen MR) is 98.8 cm³/mol. The number of benzene rings is 2. The second-order valence-electron chi connectivity index (χ2n) is 6.98. The van der Waals surface area contributed by atoms with E-state index in [4.69, 9.17) is 0 Å². The highest BCUT2D eigenvalue weighted by Crippen LogP contribution is 2.41. The lowest BCUT2D eigenvalue weighted by Crippen LogP contribution is -2.35. The van der Waals surface area contributed by atoms with Crippen molar-refractivity contribution in [3.63, 3.8) is 0 Å². The molecule has 0 bridgehead atoms. The summed E-state index contributed by atoms with van der Waals surface area (Å²) in [5, 5.41) is 16.5. The van der Waals surface area contributed by atoms with Gasteiger partial charge in [0.05, 0.1) is 11.2 Å². The van der Waals surface area contributed by atoms with Crippen molar-refractivity contribution in [3.8, 4) is 5.69 Å². The average molecular weight is 333 g/mol. The summed E-state index contributed by atoms with van der Waals surface area (Å²) in [5.74, 6) is 0.903. The minimum atomic E-state index is -0.221. The third-order valence-corrected chi connectivity index (χ3v) is 5.13. The molecule has 1 N–H and O–H groups in total. The Hall–Kier alpha value is -2.69. The van der Waals surface area contributed by atoms with Gasteiger partial charge in [0.15, 0.2) is 5.82 Å². The summed E-state index contributed by atoms with van der Waals surface area (Å²) in [6, 6.07) is 16.8. The Labute approximate surface area is 148 Å². The molecule has 128 valence electrons. The molecule has 2 aromatic carbocycles. The van der Waals surface area contributed by atoms with E-state index in [9.17, 15) is 0 Å². The largest absolute Gasteiger partial charge is 0.373 e. The topological polar surface area (TPSA) is 55.6 Å². The van der Waals surface area contributed by atoms with E-state index in [0.717, 1.165) is 30.0 Å². The van der Waals surface area contributed by atoms with Crippen molar-refractivity contribution in [1.29, 1.82) is 0 Å². The third-order valence-electron chi connectivity index (χ3n) is 5.13. The molecule has 0 amide bonds. The highest BCUT2D eigenvalue weighted by molar-refractivity contribution is 5.49. The normalized spacial score (nSPS) is 16.1. The van der Waals surface area contributed by atoms with Crippen LogP contribution in [0.3, 0.4) is 0 Å². The predicted octanol–water partition coefficient (Wildman–Crippen LogP) is 4.16. The fourth-order valence-electron chi connectivity index (χ4n) is 3.75. The molecule has 1 aliphatic rings. The number of tetrazole rings is 1. The summed E-state index contributed by atoms with van der Waals surface area (Å²) in [4.78, 5) is 0. The van der Waals surface area contributed by atoms with Crippen molar-refractivity contribution in [1.82, 2.24) is 20.2 Å². The number of para-hydroxylation sites is 1. The zero-order valence-electron chi connectivity index (χ0n) is 14.7. The Balaban J connectivity index is 1.76. The molecule has 25 heavy (non-hydrogen) atoms. The van der Waals surface area contributed by atoms with Crippen molar-refractivity contribution < 1.29 is 0 Å². The second-order valence-corrected chi connectivity index (χ2v) is 6.98. The quantitative estimate of drug-likeness (QED) is 0.779. The number of nitrogens with one attached hydrogen (secondary N) is 1. The maximum Gasteiger partial charge on any atom is 0.181 e. The van der Waals surface area contributed by atoms with Gasteiger partial charge in [-0.1, -0.05) is 48.7 Å². The highest BCUT2D eigenvalue weighted by Gasteiger charge is 2.41. The van der Waals surface area contributed by atoms with Gasteiger partial charge in [-0.25, -0.2) is 0 Å². The summed E-state index contributed by atoms with van der Waals surface area (Å²) in [6.45, 7) is 4.20. The van der Waals surface area contributed by atoms with Crippen molar-refractivity contribution in [2.24, 2.45) is 0 Å². The molecule has 0 unspecified atom stereocenters. The lowest BCUT2D eigenvalue weighted by Gasteiger charge is -2.30. The number of nitrogens with zero attached hydrogens (tertiary/aromatic N) is 4. The fraction of sp³-hybridized carbons (Fsp3) is 0.350. The van der Waals surface area contributed by atoms with E-state index >= 15 is 0 Å². The zero-order chi connectivity index (χ0) is 17.3. The zero-order valence-corrected chi connectivity index (χ0v) is 14.7. The average Bonchev–Trinajstić information content (AvgIpc) is 3.27. The molecule has 4 rings (SSSR count). The van der Waals surface area contributed by atoms with Gasteiger partial charge in [0.1, 0.15) is 0 Å². The van der Waals surface area contributed by atoms with Gasteiger partial charge in [0.2, 0.25) is 0 Å². The van der Waals surface area contributed by atoms with Gasteiger partial charge in [0.25, 0.3) is 0 Å². The minimum absolute atomic E-state index is 0.221. The standard InChI is InChI=1S/C20H23N5/c1-15-9-11-17(12-10-15)21-20(13-5-6-14-20)19-22-23-24-25(19)18-8-4-3-7-16(18)2/h3-4,7-12,21H,5-6,13-14H2,1-2H3. The Bertz CT molecular complexity index is 860. The van der Waals surface area contributed by atoms with Crippen LogP contribution in [-0.2, 0) is 5.54 Å². The monoisotopic (exact) mass is 333 g/mol.